The van der Waals surface area contributed by atoms with Crippen molar-refractivity contribution in [2.45, 2.75) is 18.9 Å². The third-order valence-corrected chi connectivity index (χ3v) is 4.06. The molecule has 0 bridgehead atoms. The quantitative estimate of drug-likeness (QED) is 0.791. The van der Waals surface area contributed by atoms with Crippen molar-refractivity contribution in [1.82, 2.24) is 4.90 Å². The molecule has 0 aromatic carbocycles. The topological polar surface area (TPSA) is 21.7 Å². The Morgan fingerprint density at radius 2 is 2.22 bits per heavy atom. The van der Waals surface area contributed by atoms with E-state index in [0.29, 0.717) is 0 Å². The molecule has 2 aliphatic carbocycles. The van der Waals surface area contributed by atoms with Crippen LogP contribution in [0.3, 0.4) is 0 Å². The summed E-state index contributed by atoms with van der Waals surface area (Å²) in [6, 6.07) is 0. The zero-order valence-electron chi connectivity index (χ0n) is 13.6. The number of hydrogen-bond acceptors (Lipinski definition) is 3. The Bertz CT molecular complexity index is 650. The van der Waals surface area contributed by atoms with Gasteiger partial charge in [-0.1, -0.05) is 18.2 Å². The second-order valence-corrected chi connectivity index (χ2v) is 6.09. The predicted octanol–water partition coefficient (Wildman–Crippen LogP) is 3.80. The molecule has 0 radical (unpaired) electrons. The number of halogens is 1. The number of allylic oxidation sites excluding steroid dienone is 7. The molecule has 1 unspecified atom stereocenters. The molecule has 0 fully saturated rings. The van der Waals surface area contributed by atoms with E-state index in [9.17, 15) is 4.39 Å². The second-order valence-electron chi connectivity index (χ2n) is 6.09. The van der Waals surface area contributed by atoms with Gasteiger partial charge in [0.25, 0.3) is 0 Å². The van der Waals surface area contributed by atoms with Gasteiger partial charge in [-0.15, -0.1) is 0 Å². The first-order chi connectivity index (χ1) is 11.1. The van der Waals surface area contributed by atoms with Crippen molar-refractivity contribution in [3.8, 4) is 0 Å². The molecular weight excluding hydrogens is 293 g/mol. The molecular formula is C19H22FNO2. The lowest BCUT2D eigenvalue weighted by Gasteiger charge is -2.28. The van der Waals surface area contributed by atoms with E-state index in [1.54, 1.807) is 18.4 Å². The summed E-state index contributed by atoms with van der Waals surface area (Å²) < 4.78 is 25.0. The van der Waals surface area contributed by atoms with Gasteiger partial charge in [0.15, 0.2) is 6.79 Å². The van der Waals surface area contributed by atoms with Crippen LogP contribution in [0.2, 0.25) is 0 Å². The van der Waals surface area contributed by atoms with Crippen LogP contribution in [0.15, 0.2) is 70.8 Å². The van der Waals surface area contributed by atoms with Crippen LogP contribution < -0.4 is 0 Å². The largest absolute Gasteiger partial charge is 0.474 e. The smallest absolute Gasteiger partial charge is 0.189 e. The van der Waals surface area contributed by atoms with Crippen LogP contribution in [-0.4, -0.2) is 38.4 Å². The van der Waals surface area contributed by atoms with Gasteiger partial charge in [-0.3, -0.25) is 0 Å². The summed E-state index contributed by atoms with van der Waals surface area (Å²) in [5, 5.41) is 0. The Morgan fingerprint density at radius 1 is 1.35 bits per heavy atom. The average molecular weight is 315 g/mol. The second kappa shape index (κ2) is 7.11. The van der Waals surface area contributed by atoms with Gasteiger partial charge in [-0.05, 0) is 61.9 Å². The number of fused-ring (bicyclic) bond motifs is 2. The van der Waals surface area contributed by atoms with Crippen LogP contribution in [0, 0.1) is 0 Å². The Kier molecular flexibility index (Phi) is 4.94. The molecule has 0 aromatic heterocycles. The fourth-order valence-corrected chi connectivity index (χ4v) is 2.97. The third-order valence-electron chi connectivity index (χ3n) is 4.06. The molecule has 1 atom stereocenters. The summed E-state index contributed by atoms with van der Waals surface area (Å²) in [4.78, 5) is 2.15. The van der Waals surface area contributed by atoms with Crippen molar-refractivity contribution in [1.29, 1.82) is 0 Å². The molecule has 23 heavy (non-hydrogen) atoms. The highest BCUT2D eigenvalue weighted by atomic mass is 19.1. The van der Waals surface area contributed by atoms with E-state index in [1.165, 1.54) is 11.6 Å². The van der Waals surface area contributed by atoms with Gasteiger partial charge < -0.3 is 14.4 Å². The standard InChI is InChI=1S/C19H22FNO2/c1-21(2)10-4-7-14-5-3-6-15-12-22-13-23-18-9-8-16(20)11-17(18)19(14)15/h3,6-9,11-12,18H,4-5,10,13H2,1-2H3. The minimum atomic E-state index is -0.267. The van der Waals surface area contributed by atoms with Crippen LogP contribution in [0.4, 0.5) is 4.39 Å². The van der Waals surface area contributed by atoms with Crippen molar-refractivity contribution in [3.05, 3.63) is 70.8 Å². The van der Waals surface area contributed by atoms with Crippen molar-refractivity contribution in [2.24, 2.45) is 0 Å². The maximum absolute atomic E-state index is 13.8. The zero-order chi connectivity index (χ0) is 16.2. The minimum absolute atomic E-state index is 0.165. The van der Waals surface area contributed by atoms with Crippen LogP contribution in [-0.2, 0) is 9.47 Å². The summed E-state index contributed by atoms with van der Waals surface area (Å²) >= 11 is 0. The number of nitrogens with zero attached hydrogens (tertiary/aromatic N) is 1. The van der Waals surface area contributed by atoms with Gasteiger partial charge in [0, 0.05) is 12.1 Å². The summed E-state index contributed by atoms with van der Waals surface area (Å²) in [6.07, 6.45) is 14.4. The highest BCUT2D eigenvalue weighted by Gasteiger charge is 2.25. The third kappa shape index (κ3) is 3.71. The molecule has 3 aliphatic rings. The summed E-state index contributed by atoms with van der Waals surface area (Å²) in [5.41, 5.74) is 4.10. The fraction of sp³-hybridized carbons (Fsp3) is 0.368. The molecule has 0 spiro atoms. The highest BCUT2D eigenvalue weighted by Crippen LogP contribution is 2.37. The van der Waals surface area contributed by atoms with E-state index in [1.807, 2.05) is 6.08 Å². The van der Waals surface area contributed by atoms with Crippen LogP contribution in [0.5, 0.6) is 0 Å². The maximum Gasteiger partial charge on any atom is 0.189 e. The van der Waals surface area contributed by atoms with Crippen LogP contribution in [0.25, 0.3) is 0 Å². The molecule has 0 saturated heterocycles. The van der Waals surface area contributed by atoms with Crippen LogP contribution >= 0.6 is 0 Å². The SMILES string of the molecule is CN(C)CCC=C1CC=CC2=COCOC3C=CC(F)=CC3=C21. The minimum Gasteiger partial charge on any atom is -0.474 e. The van der Waals surface area contributed by atoms with Crippen molar-refractivity contribution in [3.63, 3.8) is 0 Å². The van der Waals surface area contributed by atoms with Gasteiger partial charge in [0.1, 0.15) is 11.9 Å². The van der Waals surface area contributed by atoms with Gasteiger partial charge in [0.2, 0.25) is 0 Å². The molecule has 1 heterocycles. The van der Waals surface area contributed by atoms with Gasteiger partial charge in [0.05, 0.1) is 6.26 Å². The van der Waals surface area contributed by atoms with Gasteiger partial charge in [-0.25, -0.2) is 4.39 Å². The molecule has 122 valence electrons. The average Bonchev–Trinajstić information content (AvgIpc) is 2.50. The zero-order valence-corrected chi connectivity index (χ0v) is 13.6. The van der Waals surface area contributed by atoms with E-state index in [2.05, 4.69) is 31.1 Å². The monoisotopic (exact) mass is 315 g/mol. The molecule has 0 amide bonds. The lowest BCUT2D eigenvalue weighted by atomic mass is 9.83. The Hall–Kier alpha value is -1.91. The lowest BCUT2D eigenvalue weighted by molar-refractivity contribution is -0.0281. The lowest BCUT2D eigenvalue weighted by Crippen LogP contribution is -2.21. The first-order valence-electron chi connectivity index (χ1n) is 7.89. The van der Waals surface area contributed by atoms with E-state index < -0.39 is 0 Å². The van der Waals surface area contributed by atoms with Crippen LogP contribution in [0.1, 0.15) is 12.8 Å². The van der Waals surface area contributed by atoms with E-state index in [4.69, 9.17) is 9.47 Å². The number of rotatable bonds is 3. The molecule has 1 aliphatic heterocycles. The molecule has 0 saturated carbocycles. The molecule has 0 aromatic rings. The maximum atomic E-state index is 13.8. The Labute approximate surface area is 136 Å². The first kappa shape index (κ1) is 16.0. The molecule has 3 rings (SSSR count). The first-order valence-corrected chi connectivity index (χ1v) is 7.89. The van der Waals surface area contributed by atoms with Crippen molar-refractivity contribution in [2.75, 3.05) is 27.4 Å². The number of hydrogen-bond donors (Lipinski definition) is 0. The van der Waals surface area contributed by atoms with E-state index in [0.717, 1.165) is 36.1 Å². The Morgan fingerprint density at radius 3 is 3.04 bits per heavy atom. The van der Waals surface area contributed by atoms with Crippen molar-refractivity contribution >= 4 is 0 Å². The molecule has 4 heteroatoms. The van der Waals surface area contributed by atoms with Crippen molar-refractivity contribution < 1.29 is 13.9 Å². The van der Waals surface area contributed by atoms with E-state index in [-0.39, 0.29) is 18.7 Å². The van der Waals surface area contributed by atoms with Gasteiger partial charge >= 0.3 is 0 Å². The normalized spacial score (nSPS) is 25.4. The summed E-state index contributed by atoms with van der Waals surface area (Å²) in [6.45, 7) is 1.15. The highest BCUT2D eigenvalue weighted by molar-refractivity contribution is 5.62. The molecule has 3 nitrogen and oxygen atoms in total. The predicted molar refractivity (Wildman–Crippen MR) is 89.3 cm³/mol. The molecule has 0 N–H and O–H groups in total. The fourth-order valence-electron chi connectivity index (χ4n) is 2.97. The summed E-state index contributed by atoms with van der Waals surface area (Å²) in [7, 11) is 4.12. The number of ether oxygens (including phenoxy) is 2. The summed E-state index contributed by atoms with van der Waals surface area (Å²) in [5.74, 6) is -0.240. The van der Waals surface area contributed by atoms with Gasteiger partial charge in [-0.2, -0.15) is 0 Å². The van der Waals surface area contributed by atoms with E-state index >= 15 is 0 Å². The Balaban J connectivity index is 2.04.